The van der Waals surface area contributed by atoms with Gasteiger partial charge in [0.05, 0.1) is 6.54 Å². The summed E-state index contributed by atoms with van der Waals surface area (Å²) in [6, 6.07) is 18.1. The van der Waals surface area contributed by atoms with Crippen LogP contribution in [0.5, 0.6) is 0 Å². The molecule has 5 heteroatoms. The van der Waals surface area contributed by atoms with Crippen molar-refractivity contribution in [3.8, 4) is 5.69 Å². The van der Waals surface area contributed by atoms with E-state index in [4.69, 9.17) is 0 Å². The summed E-state index contributed by atoms with van der Waals surface area (Å²) in [5, 5.41) is 2.75. The second-order valence-electron chi connectivity index (χ2n) is 9.83. The summed E-state index contributed by atoms with van der Waals surface area (Å²) in [7, 11) is 0. The summed E-state index contributed by atoms with van der Waals surface area (Å²) in [5.41, 5.74) is 7.77. The maximum atomic E-state index is 13.0. The molecule has 2 aromatic carbocycles. The molecule has 0 radical (unpaired) electrons. The van der Waals surface area contributed by atoms with Crippen molar-refractivity contribution < 1.29 is 9.59 Å². The van der Waals surface area contributed by atoms with E-state index in [0.717, 1.165) is 33.8 Å². The molecule has 0 unspecified atom stereocenters. The number of hydrogen-bond acceptors (Lipinski definition) is 2. The van der Waals surface area contributed by atoms with E-state index in [0.29, 0.717) is 5.70 Å². The molecule has 170 valence electrons. The Kier molecular flexibility index (Phi) is 5.75. The number of aromatic nitrogens is 1. The number of carbonyl (C=O) groups excluding carboxylic acids is 2. The van der Waals surface area contributed by atoms with Crippen molar-refractivity contribution in [1.29, 1.82) is 0 Å². The van der Waals surface area contributed by atoms with E-state index in [1.165, 1.54) is 10.5 Å². The highest BCUT2D eigenvalue weighted by Gasteiger charge is 2.33. The molecule has 1 fully saturated rings. The predicted octanol–water partition coefficient (Wildman–Crippen LogP) is 5.79. The molecule has 4 rings (SSSR count). The van der Waals surface area contributed by atoms with Gasteiger partial charge >= 0.3 is 6.03 Å². The lowest BCUT2D eigenvalue weighted by molar-refractivity contribution is -0.123. The maximum Gasteiger partial charge on any atom is 0.329 e. The molecule has 0 bridgehead atoms. The largest absolute Gasteiger partial charge is 0.329 e. The molecule has 3 amide bonds. The van der Waals surface area contributed by atoms with Crippen molar-refractivity contribution in [2.24, 2.45) is 0 Å². The summed E-state index contributed by atoms with van der Waals surface area (Å²) in [6.45, 7) is 12.9. The van der Waals surface area contributed by atoms with Gasteiger partial charge in [-0.05, 0) is 67.2 Å². The predicted molar refractivity (Wildman–Crippen MR) is 132 cm³/mol. The SMILES string of the molecule is Cc1cccc(CN2C(=O)N/C(=C/c3cc(C)n(-c4ccc(C(C)(C)C)cc4)c3C)C2=O)c1. The molecule has 1 N–H and O–H groups in total. The molecule has 0 spiro atoms. The van der Waals surface area contributed by atoms with Gasteiger partial charge in [-0.1, -0.05) is 62.7 Å². The first-order valence-electron chi connectivity index (χ1n) is 11.2. The van der Waals surface area contributed by atoms with Crippen molar-refractivity contribution in [1.82, 2.24) is 14.8 Å². The Morgan fingerprint density at radius 3 is 2.27 bits per heavy atom. The first-order valence-corrected chi connectivity index (χ1v) is 11.2. The summed E-state index contributed by atoms with van der Waals surface area (Å²) in [5.74, 6) is -0.305. The molecule has 3 aromatic rings. The summed E-state index contributed by atoms with van der Waals surface area (Å²) < 4.78 is 2.17. The van der Waals surface area contributed by atoms with E-state index < -0.39 is 0 Å². The molecule has 0 aliphatic carbocycles. The van der Waals surface area contributed by atoms with Crippen LogP contribution in [0.15, 0.2) is 60.3 Å². The van der Waals surface area contributed by atoms with Crippen LogP contribution in [0.1, 0.15) is 54.4 Å². The average Bonchev–Trinajstić information content (AvgIpc) is 3.17. The van der Waals surface area contributed by atoms with Crippen LogP contribution in [0.25, 0.3) is 11.8 Å². The lowest BCUT2D eigenvalue weighted by Crippen LogP contribution is -2.30. The number of imide groups is 1. The van der Waals surface area contributed by atoms with Gasteiger partial charge in [0, 0.05) is 17.1 Å². The highest BCUT2D eigenvalue weighted by molar-refractivity contribution is 6.14. The highest BCUT2D eigenvalue weighted by atomic mass is 16.2. The molecule has 1 aliphatic heterocycles. The zero-order chi connectivity index (χ0) is 23.9. The van der Waals surface area contributed by atoms with Gasteiger partial charge in [0.2, 0.25) is 0 Å². The lowest BCUT2D eigenvalue weighted by Gasteiger charge is -2.20. The van der Waals surface area contributed by atoms with Gasteiger partial charge in [-0.25, -0.2) is 4.79 Å². The van der Waals surface area contributed by atoms with Crippen molar-refractivity contribution in [3.63, 3.8) is 0 Å². The third-order valence-corrected chi connectivity index (χ3v) is 6.15. The number of nitrogens with zero attached hydrogens (tertiary/aromatic N) is 2. The fraction of sp³-hybridized carbons (Fsp3) is 0.286. The minimum atomic E-state index is -0.390. The fourth-order valence-electron chi connectivity index (χ4n) is 4.31. The number of carbonyl (C=O) groups is 2. The van der Waals surface area contributed by atoms with Gasteiger partial charge in [0.1, 0.15) is 5.70 Å². The van der Waals surface area contributed by atoms with E-state index >= 15 is 0 Å². The number of rotatable bonds is 4. The topological polar surface area (TPSA) is 54.3 Å². The Bertz CT molecular complexity index is 1260. The Morgan fingerprint density at radius 1 is 0.939 bits per heavy atom. The van der Waals surface area contributed by atoms with Gasteiger partial charge in [-0.3, -0.25) is 9.69 Å². The zero-order valence-corrected chi connectivity index (χ0v) is 20.2. The highest BCUT2D eigenvalue weighted by Crippen LogP contribution is 2.27. The molecule has 1 aliphatic rings. The van der Waals surface area contributed by atoms with Gasteiger partial charge < -0.3 is 9.88 Å². The van der Waals surface area contributed by atoms with Crippen LogP contribution in [0.3, 0.4) is 0 Å². The molecule has 2 heterocycles. The first-order chi connectivity index (χ1) is 15.5. The number of aryl methyl sites for hydroxylation is 2. The van der Waals surface area contributed by atoms with Crippen molar-refractivity contribution in [2.45, 2.75) is 53.5 Å². The Labute approximate surface area is 195 Å². The minimum absolute atomic E-state index is 0.0975. The standard InChI is InChI=1S/C28H31N3O2/c1-18-8-7-9-21(14-18)17-30-26(32)25(29-27(30)33)16-22-15-19(2)31(20(22)3)24-12-10-23(11-13-24)28(4,5)6/h7-16H,17H2,1-6H3,(H,29,33)/b25-16+. The van der Waals surface area contributed by atoms with Gasteiger partial charge in [0.25, 0.3) is 5.91 Å². The summed E-state index contributed by atoms with van der Waals surface area (Å²) >= 11 is 0. The molecular formula is C28H31N3O2. The van der Waals surface area contributed by atoms with Crippen LogP contribution >= 0.6 is 0 Å². The number of benzene rings is 2. The summed E-state index contributed by atoms with van der Waals surface area (Å²) in [6.07, 6.45) is 1.78. The number of hydrogen-bond donors (Lipinski definition) is 1. The molecular weight excluding hydrogens is 410 g/mol. The van der Waals surface area contributed by atoms with Crippen molar-refractivity contribution in [3.05, 3.63) is 93.9 Å². The van der Waals surface area contributed by atoms with E-state index in [1.54, 1.807) is 6.08 Å². The van der Waals surface area contributed by atoms with Crippen LogP contribution < -0.4 is 5.32 Å². The van der Waals surface area contributed by atoms with Gasteiger partial charge in [-0.15, -0.1) is 0 Å². The van der Waals surface area contributed by atoms with Gasteiger partial charge in [-0.2, -0.15) is 0 Å². The first kappa shape index (κ1) is 22.6. The molecule has 1 saturated heterocycles. The monoisotopic (exact) mass is 441 g/mol. The van der Waals surface area contributed by atoms with Crippen LogP contribution in [-0.2, 0) is 16.8 Å². The normalized spacial score (nSPS) is 15.5. The third-order valence-electron chi connectivity index (χ3n) is 6.15. The molecule has 0 saturated carbocycles. The maximum absolute atomic E-state index is 13.0. The van der Waals surface area contributed by atoms with Crippen molar-refractivity contribution in [2.75, 3.05) is 0 Å². The summed E-state index contributed by atoms with van der Waals surface area (Å²) in [4.78, 5) is 26.8. The zero-order valence-electron chi connectivity index (χ0n) is 20.2. The third kappa shape index (κ3) is 4.49. The van der Waals surface area contributed by atoms with E-state index in [1.807, 2.05) is 51.1 Å². The van der Waals surface area contributed by atoms with Crippen LogP contribution in [0.2, 0.25) is 0 Å². The van der Waals surface area contributed by atoms with E-state index in [2.05, 4.69) is 54.9 Å². The Hall–Kier alpha value is -3.60. The van der Waals surface area contributed by atoms with Gasteiger partial charge in [0.15, 0.2) is 0 Å². The van der Waals surface area contributed by atoms with Crippen LogP contribution in [-0.4, -0.2) is 21.4 Å². The number of urea groups is 1. The number of amides is 3. The smallest absolute Gasteiger partial charge is 0.318 e. The number of nitrogens with one attached hydrogen (secondary N) is 1. The van der Waals surface area contributed by atoms with E-state index in [9.17, 15) is 9.59 Å². The van der Waals surface area contributed by atoms with Crippen LogP contribution in [0, 0.1) is 20.8 Å². The quantitative estimate of drug-likeness (QED) is 0.411. The Morgan fingerprint density at radius 2 is 1.64 bits per heavy atom. The molecule has 5 nitrogen and oxygen atoms in total. The van der Waals surface area contributed by atoms with Crippen LogP contribution in [0.4, 0.5) is 4.79 Å². The molecule has 0 atom stereocenters. The minimum Gasteiger partial charge on any atom is -0.318 e. The fourth-order valence-corrected chi connectivity index (χ4v) is 4.31. The second-order valence-corrected chi connectivity index (χ2v) is 9.83. The second kappa shape index (κ2) is 8.39. The average molecular weight is 442 g/mol. The molecule has 1 aromatic heterocycles. The van der Waals surface area contributed by atoms with Crippen molar-refractivity contribution >= 4 is 18.0 Å². The Balaban J connectivity index is 1.61. The molecule has 33 heavy (non-hydrogen) atoms. The lowest BCUT2D eigenvalue weighted by atomic mass is 9.87. The van der Waals surface area contributed by atoms with E-state index in [-0.39, 0.29) is 23.9 Å².